The van der Waals surface area contributed by atoms with Crippen LogP contribution in [0.1, 0.15) is 65.7 Å². The fraction of sp³-hybridized carbons (Fsp3) is 0.684. The molecule has 4 rings (SSSR count). The van der Waals surface area contributed by atoms with Gasteiger partial charge in [-0.15, -0.1) is 11.3 Å². The van der Waals surface area contributed by atoms with Crippen molar-refractivity contribution in [2.45, 2.75) is 63.8 Å². The van der Waals surface area contributed by atoms with Crippen LogP contribution in [0, 0.1) is 5.92 Å². The van der Waals surface area contributed by atoms with Crippen molar-refractivity contribution in [3.8, 4) is 0 Å². The molecule has 2 fully saturated rings. The van der Waals surface area contributed by atoms with E-state index in [1.807, 2.05) is 0 Å². The van der Waals surface area contributed by atoms with Crippen LogP contribution in [0.25, 0.3) is 0 Å². The third-order valence-electron chi connectivity index (χ3n) is 6.13. The lowest BCUT2D eigenvalue weighted by molar-refractivity contribution is -0.118. The Kier molecular flexibility index (Phi) is 4.82. The highest BCUT2D eigenvalue weighted by molar-refractivity contribution is 7.17. The summed E-state index contributed by atoms with van der Waals surface area (Å²) < 4.78 is 0. The number of nitrogens with one attached hydrogen (secondary N) is 1. The van der Waals surface area contributed by atoms with Crippen molar-refractivity contribution >= 4 is 28.2 Å². The fourth-order valence-corrected chi connectivity index (χ4v) is 6.34. The summed E-state index contributed by atoms with van der Waals surface area (Å²) in [4.78, 5) is 28.1. The molecule has 2 unspecified atom stereocenters. The van der Waals surface area contributed by atoms with Crippen LogP contribution in [0.15, 0.2) is 0 Å². The molecule has 2 heterocycles. The quantitative estimate of drug-likeness (QED) is 0.866. The van der Waals surface area contributed by atoms with Crippen LogP contribution in [-0.2, 0) is 17.6 Å². The number of nitrogens with zero attached hydrogens (tertiary/aromatic N) is 1. The van der Waals surface area contributed by atoms with Crippen LogP contribution < -0.4 is 11.1 Å². The predicted molar refractivity (Wildman–Crippen MR) is 100 cm³/mol. The number of likely N-dealkylation sites (tertiary alicyclic amines) is 1. The van der Waals surface area contributed by atoms with E-state index in [0.29, 0.717) is 23.2 Å². The van der Waals surface area contributed by atoms with Crippen LogP contribution in [0.4, 0.5) is 5.00 Å². The summed E-state index contributed by atoms with van der Waals surface area (Å²) in [6.07, 6.45) is 10.6. The highest BCUT2D eigenvalue weighted by Gasteiger charge is 2.34. The molecule has 1 aliphatic heterocycles. The lowest BCUT2D eigenvalue weighted by atomic mass is 9.78. The van der Waals surface area contributed by atoms with Crippen molar-refractivity contribution in [1.29, 1.82) is 0 Å². The molecule has 0 radical (unpaired) electrons. The van der Waals surface area contributed by atoms with E-state index >= 15 is 0 Å². The van der Waals surface area contributed by atoms with Crippen LogP contribution >= 0.6 is 11.3 Å². The first-order valence-corrected chi connectivity index (χ1v) is 10.4. The van der Waals surface area contributed by atoms with Gasteiger partial charge in [0.05, 0.1) is 12.1 Å². The molecule has 6 heteroatoms. The second-order valence-electron chi connectivity index (χ2n) is 7.70. The Morgan fingerprint density at radius 3 is 2.76 bits per heavy atom. The van der Waals surface area contributed by atoms with Crippen molar-refractivity contribution in [2.75, 3.05) is 18.4 Å². The third kappa shape index (κ3) is 3.34. The summed E-state index contributed by atoms with van der Waals surface area (Å²) in [5.74, 6) is 0.343. The maximum absolute atomic E-state index is 12.7. The minimum absolute atomic E-state index is 0.00588. The van der Waals surface area contributed by atoms with Crippen molar-refractivity contribution in [3.63, 3.8) is 0 Å². The maximum Gasteiger partial charge on any atom is 0.251 e. The first-order chi connectivity index (χ1) is 12.1. The van der Waals surface area contributed by atoms with E-state index in [4.69, 9.17) is 5.73 Å². The Morgan fingerprint density at radius 2 is 1.92 bits per heavy atom. The van der Waals surface area contributed by atoms with Crippen LogP contribution in [0.5, 0.6) is 0 Å². The number of rotatable bonds is 4. The van der Waals surface area contributed by atoms with Gasteiger partial charge in [-0.25, -0.2) is 0 Å². The first-order valence-electron chi connectivity index (χ1n) is 9.61. The Hall–Kier alpha value is -1.40. The maximum atomic E-state index is 12.7. The van der Waals surface area contributed by atoms with E-state index in [0.717, 1.165) is 37.3 Å². The number of aryl methyl sites for hydroxylation is 1. The molecule has 1 saturated heterocycles. The second kappa shape index (κ2) is 7.08. The minimum atomic E-state index is -0.417. The van der Waals surface area contributed by atoms with Gasteiger partial charge in [0.15, 0.2) is 0 Å². The van der Waals surface area contributed by atoms with Gasteiger partial charge in [-0.05, 0) is 63.0 Å². The second-order valence-corrected chi connectivity index (χ2v) is 8.80. The van der Waals surface area contributed by atoms with Gasteiger partial charge in [-0.1, -0.05) is 12.8 Å². The highest BCUT2D eigenvalue weighted by atomic mass is 32.1. The summed E-state index contributed by atoms with van der Waals surface area (Å²) in [5.41, 5.74) is 7.21. The molecule has 1 aromatic heterocycles. The Morgan fingerprint density at radius 1 is 1.12 bits per heavy atom. The Bertz CT molecular complexity index is 682. The fourth-order valence-electron chi connectivity index (χ4n) is 5.03. The zero-order valence-corrected chi connectivity index (χ0v) is 15.5. The van der Waals surface area contributed by atoms with Crippen LogP contribution in [-0.4, -0.2) is 35.8 Å². The number of piperidine rings is 1. The van der Waals surface area contributed by atoms with E-state index in [1.165, 1.54) is 54.7 Å². The molecule has 2 aliphatic carbocycles. The van der Waals surface area contributed by atoms with E-state index in [2.05, 4.69) is 10.2 Å². The van der Waals surface area contributed by atoms with Crippen LogP contribution in [0.2, 0.25) is 0 Å². The number of anilines is 1. The van der Waals surface area contributed by atoms with Gasteiger partial charge in [-0.2, -0.15) is 0 Å². The summed E-state index contributed by atoms with van der Waals surface area (Å²) >= 11 is 1.54. The SMILES string of the molecule is NC(=O)c1c(NC(=O)CN2CCCC3CCCCC32)sc2c1CCC2. The van der Waals surface area contributed by atoms with Gasteiger partial charge >= 0.3 is 0 Å². The van der Waals surface area contributed by atoms with Gasteiger partial charge in [-0.3, -0.25) is 14.5 Å². The largest absolute Gasteiger partial charge is 0.365 e. The molecule has 0 bridgehead atoms. The van der Waals surface area contributed by atoms with Gasteiger partial charge in [0, 0.05) is 10.9 Å². The van der Waals surface area contributed by atoms with Crippen molar-refractivity contribution in [3.05, 3.63) is 16.0 Å². The monoisotopic (exact) mass is 361 g/mol. The van der Waals surface area contributed by atoms with E-state index in [-0.39, 0.29) is 5.91 Å². The summed E-state index contributed by atoms with van der Waals surface area (Å²) in [7, 11) is 0. The lowest BCUT2D eigenvalue weighted by Gasteiger charge is -2.43. The minimum Gasteiger partial charge on any atom is -0.365 e. The third-order valence-corrected chi connectivity index (χ3v) is 7.33. The van der Waals surface area contributed by atoms with E-state index in [9.17, 15) is 9.59 Å². The normalized spacial score (nSPS) is 26.1. The number of primary amides is 1. The molecule has 1 aromatic rings. The van der Waals surface area contributed by atoms with Crippen molar-refractivity contribution in [2.24, 2.45) is 11.7 Å². The number of nitrogens with two attached hydrogens (primary N) is 1. The molecule has 5 nitrogen and oxygen atoms in total. The summed E-state index contributed by atoms with van der Waals surface area (Å²) in [6, 6.07) is 0.567. The first kappa shape index (κ1) is 17.0. The number of hydrogen-bond donors (Lipinski definition) is 2. The predicted octanol–water partition coefficient (Wildman–Crippen LogP) is 2.93. The molecular formula is C19H27N3O2S. The van der Waals surface area contributed by atoms with Crippen molar-refractivity contribution < 1.29 is 9.59 Å². The summed E-state index contributed by atoms with van der Waals surface area (Å²) in [5, 5.41) is 3.67. The topological polar surface area (TPSA) is 75.4 Å². The molecule has 3 N–H and O–H groups in total. The lowest BCUT2D eigenvalue weighted by Crippen LogP contribution is -2.49. The van der Waals surface area contributed by atoms with Crippen LogP contribution in [0.3, 0.4) is 0 Å². The van der Waals surface area contributed by atoms with Gasteiger partial charge in [0.25, 0.3) is 5.91 Å². The number of fused-ring (bicyclic) bond motifs is 2. The average molecular weight is 362 g/mol. The van der Waals surface area contributed by atoms with Crippen molar-refractivity contribution in [1.82, 2.24) is 4.90 Å². The zero-order chi connectivity index (χ0) is 17.4. The number of carbonyl (C=O) groups is 2. The molecule has 3 aliphatic rings. The standard InChI is InChI=1S/C19H27N3O2S/c20-18(24)17-13-7-3-9-15(13)25-19(17)21-16(23)11-22-10-4-6-12-5-1-2-8-14(12)22/h12,14H,1-11H2,(H2,20,24)(H,21,23). The number of thiophene rings is 1. The average Bonchev–Trinajstić information content (AvgIpc) is 3.15. The smallest absolute Gasteiger partial charge is 0.251 e. The molecule has 2 atom stereocenters. The highest BCUT2D eigenvalue weighted by Crippen LogP contribution is 2.39. The zero-order valence-electron chi connectivity index (χ0n) is 14.7. The summed E-state index contributed by atoms with van der Waals surface area (Å²) in [6.45, 7) is 1.44. The van der Waals surface area contributed by atoms with Gasteiger partial charge in [0.1, 0.15) is 5.00 Å². The molecule has 1 saturated carbocycles. The molecule has 2 amide bonds. The van der Waals surface area contributed by atoms with Gasteiger partial charge < -0.3 is 11.1 Å². The number of amides is 2. The molecule has 25 heavy (non-hydrogen) atoms. The Balaban J connectivity index is 1.45. The molecule has 0 spiro atoms. The molecule has 136 valence electrons. The van der Waals surface area contributed by atoms with E-state index in [1.54, 1.807) is 0 Å². The number of carbonyl (C=O) groups excluding carboxylic acids is 2. The molecular weight excluding hydrogens is 334 g/mol. The number of hydrogen-bond acceptors (Lipinski definition) is 4. The Labute approximate surface area is 153 Å². The van der Waals surface area contributed by atoms with E-state index < -0.39 is 5.91 Å². The van der Waals surface area contributed by atoms with Gasteiger partial charge in [0.2, 0.25) is 5.91 Å². The molecule has 0 aromatic carbocycles.